The van der Waals surface area contributed by atoms with Crippen LogP contribution in [0.3, 0.4) is 0 Å². The van der Waals surface area contributed by atoms with E-state index < -0.39 is 0 Å². The third-order valence-electron chi connectivity index (χ3n) is 2.76. The summed E-state index contributed by atoms with van der Waals surface area (Å²) in [6.07, 6.45) is 6.85. The topological polar surface area (TPSA) is 59.8 Å². The lowest BCUT2D eigenvalue weighted by molar-refractivity contribution is -0.121. The van der Waals surface area contributed by atoms with E-state index in [1.54, 1.807) is 12.4 Å². The highest BCUT2D eigenvalue weighted by atomic mass is 16.1. The molecule has 1 N–H and O–H groups in total. The molecule has 0 spiro atoms. The maximum Gasteiger partial charge on any atom is 0.220 e. The van der Waals surface area contributed by atoms with E-state index in [1.807, 2.05) is 35.9 Å². The number of hydrogen-bond donors (Lipinski definition) is 1. The van der Waals surface area contributed by atoms with Gasteiger partial charge in [-0.05, 0) is 18.6 Å². The van der Waals surface area contributed by atoms with Gasteiger partial charge in [0.15, 0.2) is 5.82 Å². The molecule has 19 heavy (non-hydrogen) atoms. The zero-order valence-corrected chi connectivity index (χ0v) is 11.0. The van der Waals surface area contributed by atoms with Gasteiger partial charge in [-0.3, -0.25) is 9.78 Å². The zero-order valence-electron chi connectivity index (χ0n) is 11.0. The SMILES string of the molecule is CCCC(=O)NCCn1ccnc1-c1ccccn1. The fourth-order valence-corrected chi connectivity index (χ4v) is 1.85. The van der Waals surface area contributed by atoms with Gasteiger partial charge in [-0.2, -0.15) is 0 Å². The van der Waals surface area contributed by atoms with Crippen LogP contribution in [0.25, 0.3) is 11.5 Å². The molecule has 0 saturated carbocycles. The largest absolute Gasteiger partial charge is 0.354 e. The van der Waals surface area contributed by atoms with Crippen molar-refractivity contribution in [3.8, 4) is 11.5 Å². The monoisotopic (exact) mass is 258 g/mol. The Morgan fingerprint density at radius 3 is 2.95 bits per heavy atom. The summed E-state index contributed by atoms with van der Waals surface area (Å²) < 4.78 is 1.99. The van der Waals surface area contributed by atoms with Crippen molar-refractivity contribution in [1.82, 2.24) is 19.9 Å². The fraction of sp³-hybridized carbons (Fsp3) is 0.357. The summed E-state index contributed by atoms with van der Waals surface area (Å²) in [6.45, 7) is 3.30. The third-order valence-corrected chi connectivity index (χ3v) is 2.76. The van der Waals surface area contributed by atoms with Crippen molar-refractivity contribution in [2.75, 3.05) is 6.54 Å². The molecule has 0 atom stereocenters. The van der Waals surface area contributed by atoms with E-state index in [1.165, 1.54) is 0 Å². The van der Waals surface area contributed by atoms with Gasteiger partial charge in [0.1, 0.15) is 5.69 Å². The van der Waals surface area contributed by atoms with E-state index >= 15 is 0 Å². The molecule has 5 nitrogen and oxygen atoms in total. The summed E-state index contributed by atoms with van der Waals surface area (Å²) in [6, 6.07) is 5.74. The molecule has 0 radical (unpaired) electrons. The molecule has 2 heterocycles. The van der Waals surface area contributed by atoms with Gasteiger partial charge in [-0.15, -0.1) is 0 Å². The molecule has 0 aliphatic heterocycles. The number of pyridine rings is 1. The van der Waals surface area contributed by atoms with Crippen LogP contribution in [-0.4, -0.2) is 27.0 Å². The Labute approximate surface area is 112 Å². The number of imidazole rings is 1. The van der Waals surface area contributed by atoms with Gasteiger partial charge in [-0.1, -0.05) is 13.0 Å². The molecular formula is C14H18N4O. The number of aromatic nitrogens is 3. The number of carbonyl (C=O) groups excluding carboxylic acids is 1. The van der Waals surface area contributed by atoms with Crippen molar-refractivity contribution in [3.63, 3.8) is 0 Å². The van der Waals surface area contributed by atoms with Crippen molar-refractivity contribution in [2.24, 2.45) is 0 Å². The Bertz CT molecular complexity index is 521. The molecule has 0 aromatic carbocycles. The van der Waals surface area contributed by atoms with Crippen LogP contribution in [0.4, 0.5) is 0 Å². The van der Waals surface area contributed by atoms with E-state index in [0.717, 1.165) is 17.9 Å². The van der Waals surface area contributed by atoms with E-state index in [4.69, 9.17) is 0 Å². The summed E-state index contributed by atoms with van der Waals surface area (Å²) in [5, 5.41) is 2.89. The smallest absolute Gasteiger partial charge is 0.220 e. The van der Waals surface area contributed by atoms with Crippen molar-refractivity contribution in [3.05, 3.63) is 36.8 Å². The first-order chi connectivity index (χ1) is 9.31. The molecule has 0 fully saturated rings. The number of carbonyl (C=O) groups is 1. The average Bonchev–Trinajstić information content (AvgIpc) is 2.88. The normalized spacial score (nSPS) is 10.4. The number of rotatable bonds is 6. The van der Waals surface area contributed by atoms with Crippen LogP contribution >= 0.6 is 0 Å². The van der Waals surface area contributed by atoms with Crippen molar-refractivity contribution in [1.29, 1.82) is 0 Å². The van der Waals surface area contributed by atoms with Gasteiger partial charge in [0.25, 0.3) is 0 Å². The Morgan fingerprint density at radius 1 is 1.32 bits per heavy atom. The highest BCUT2D eigenvalue weighted by molar-refractivity contribution is 5.75. The molecule has 2 aromatic rings. The first kappa shape index (κ1) is 13.3. The summed E-state index contributed by atoms with van der Waals surface area (Å²) in [4.78, 5) is 20.0. The Kier molecular flexibility index (Phi) is 4.66. The second-order valence-corrected chi connectivity index (χ2v) is 4.26. The number of hydrogen-bond acceptors (Lipinski definition) is 3. The lowest BCUT2D eigenvalue weighted by Gasteiger charge is -2.08. The Hall–Kier alpha value is -2.17. The standard InChI is InChI=1S/C14H18N4O/c1-2-5-13(19)16-8-10-18-11-9-17-14(18)12-6-3-4-7-15-12/h3-4,6-7,9,11H,2,5,8,10H2,1H3,(H,16,19). The Morgan fingerprint density at radius 2 is 2.21 bits per heavy atom. The van der Waals surface area contributed by atoms with Gasteiger partial charge in [0, 0.05) is 38.1 Å². The molecule has 0 aliphatic rings. The lowest BCUT2D eigenvalue weighted by atomic mass is 10.3. The minimum atomic E-state index is 0.0991. The molecule has 0 saturated heterocycles. The van der Waals surface area contributed by atoms with Gasteiger partial charge in [-0.25, -0.2) is 4.98 Å². The van der Waals surface area contributed by atoms with Crippen LogP contribution in [0.15, 0.2) is 36.8 Å². The average molecular weight is 258 g/mol. The maximum atomic E-state index is 11.4. The molecule has 0 aliphatic carbocycles. The second-order valence-electron chi connectivity index (χ2n) is 4.26. The minimum absolute atomic E-state index is 0.0991. The minimum Gasteiger partial charge on any atom is -0.354 e. The lowest BCUT2D eigenvalue weighted by Crippen LogP contribution is -2.26. The number of nitrogens with one attached hydrogen (secondary N) is 1. The van der Waals surface area contributed by atoms with Crippen molar-refractivity contribution >= 4 is 5.91 Å². The van der Waals surface area contributed by atoms with E-state index in [-0.39, 0.29) is 5.91 Å². The quantitative estimate of drug-likeness (QED) is 0.860. The first-order valence-corrected chi connectivity index (χ1v) is 6.50. The summed E-state index contributed by atoms with van der Waals surface area (Å²) in [5.74, 6) is 0.923. The number of nitrogens with zero attached hydrogens (tertiary/aromatic N) is 3. The fourth-order valence-electron chi connectivity index (χ4n) is 1.85. The van der Waals surface area contributed by atoms with Crippen LogP contribution in [0.2, 0.25) is 0 Å². The molecule has 2 rings (SSSR count). The molecule has 0 bridgehead atoms. The molecule has 2 aromatic heterocycles. The first-order valence-electron chi connectivity index (χ1n) is 6.50. The second kappa shape index (κ2) is 6.68. The number of amides is 1. The van der Waals surface area contributed by atoms with Crippen molar-refractivity contribution < 1.29 is 4.79 Å². The molecule has 100 valence electrons. The van der Waals surface area contributed by atoms with E-state index in [9.17, 15) is 4.79 Å². The Balaban J connectivity index is 1.95. The van der Waals surface area contributed by atoms with Gasteiger partial charge in [0.2, 0.25) is 5.91 Å². The zero-order chi connectivity index (χ0) is 13.5. The highest BCUT2D eigenvalue weighted by Gasteiger charge is 2.06. The predicted molar refractivity (Wildman–Crippen MR) is 73.4 cm³/mol. The molecular weight excluding hydrogens is 240 g/mol. The molecule has 0 unspecified atom stereocenters. The molecule has 5 heteroatoms. The van der Waals surface area contributed by atoms with E-state index in [2.05, 4.69) is 15.3 Å². The van der Waals surface area contributed by atoms with Gasteiger partial charge in [0.05, 0.1) is 0 Å². The highest BCUT2D eigenvalue weighted by Crippen LogP contribution is 2.13. The summed E-state index contributed by atoms with van der Waals surface area (Å²) in [5.41, 5.74) is 0.840. The van der Waals surface area contributed by atoms with Crippen LogP contribution < -0.4 is 5.32 Å². The summed E-state index contributed by atoms with van der Waals surface area (Å²) in [7, 11) is 0. The van der Waals surface area contributed by atoms with Crippen LogP contribution in [0.1, 0.15) is 19.8 Å². The van der Waals surface area contributed by atoms with Gasteiger partial charge < -0.3 is 9.88 Å². The van der Waals surface area contributed by atoms with Crippen molar-refractivity contribution in [2.45, 2.75) is 26.3 Å². The maximum absolute atomic E-state index is 11.4. The van der Waals surface area contributed by atoms with Gasteiger partial charge >= 0.3 is 0 Å². The third kappa shape index (κ3) is 3.64. The molecule has 1 amide bonds. The van der Waals surface area contributed by atoms with Crippen LogP contribution in [0, 0.1) is 0 Å². The summed E-state index contributed by atoms with van der Waals surface area (Å²) >= 11 is 0. The van der Waals surface area contributed by atoms with E-state index in [0.29, 0.717) is 19.5 Å². The van der Waals surface area contributed by atoms with Crippen LogP contribution in [0.5, 0.6) is 0 Å². The predicted octanol–water partition coefficient (Wildman–Crippen LogP) is 1.86. The van der Waals surface area contributed by atoms with Crippen LogP contribution in [-0.2, 0) is 11.3 Å².